The van der Waals surface area contributed by atoms with Crippen molar-refractivity contribution in [1.82, 2.24) is 0 Å². The third-order valence-electron chi connectivity index (χ3n) is 4.29. The summed E-state index contributed by atoms with van der Waals surface area (Å²) in [5, 5.41) is 0. The minimum absolute atomic E-state index is 0.0417. The fourth-order valence-corrected chi connectivity index (χ4v) is 2.90. The molecule has 23 heavy (non-hydrogen) atoms. The third kappa shape index (κ3) is 4.24. The number of hydrogen-bond acceptors (Lipinski definition) is 5. The summed E-state index contributed by atoms with van der Waals surface area (Å²) in [6.07, 6.45) is 4.37. The van der Waals surface area contributed by atoms with Gasteiger partial charge in [0.05, 0.1) is 30.9 Å². The molecule has 5 heteroatoms. The standard InChI is InChI=1S/C18H25NO4/c1-3-4-12-23-17-7-5-6-16(15(17)13-20)19-10-8-14(9-11-19)18(21)22-2/h5-7,13-14H,3-4,8-12H2,1-2H3. The Bertz CT molecular complexity index is 536. The number of methoxy groups -OCH3 is 1. The lowest BCUT2D eigenvalue weighted by Crippen LogP contribution is -2.37. The molecular weight excluding hydrogens is 294 g/mol. The molecule has 0 aliphatic carbocycles. The van der Waals surface area contributed by atoms with Crippen LogP contribution in [0, 0.1) is 5.92 Å². The zero-order valence-corrected chi connectivity index (χ0v) is 13.9. The predicted molar refractivity (Wildman–Crippen MR) is 89.2 cm³/mol. The molecule has 0 N–H and O–H groups in total. The quantitative estimate of drug-likeness (QED) is 0.439. The number of esters is 1. The Labute approximate surface area is 137 Å². The van der Waals surface area contributed by atoms with Crippen LogP contribution in [-0.2, 0) is 9.53 Å². The fraction of sp³-hybridized carbons (Fsp3) is 0.556. The zero-order valence-electron chi connectivity index (χ0n) is 13.9. The summed E-state index contributed by atoms with van der Waals surface area (Å²) < 4.78 is 10.6. The van der Waals surface area contributed by atoms with Gasteiger partial charge in [0.25, 0.3) is 0 Å². The second-order valence-corrected chi connectivity index (χ2v) is 5.79. The van der Waals surface area contributed by atoms with Gasteiger partial charge < -0.3 is 14.4 Å². The van der Waals surface area contributed by atoms with E-state index < -0.39 is 0 Å². The molecule has 0 bridgehead atoms. The van der Waals surface area contributed by atoms with Gasteiger partial charge in [-0.1, -0.05) is 19.4 Å². The van der Waals surface area contributed by atoms with Crippen LogP contribution in [0.15, 0.2) is 18.2 Å². The van der Waals surface area contributed by atoms with E-state index in [-0.39, 0.29) is 11.9 Å². The van der Waals surface area contributed by atoms with Gasteiger partial charge >= 0.3 is 5.97 Å². The molecular formula is C18H25NO4. The first-order valence-electron chi connectivity index (χ1n) is 8.25. The van der Waals surface area contributed by atoms with Crippen LogP contribution in [0.5, 0.6) is 5.75 Å². The van der Waals surface area contributed by atoms with Gasteiger partial charge in [0.1, 0.15) is 5.75 Å². The molecule has 0 spiro atoms. The van der Waals surface area contributed by atoms with Crippen LogP contribution in [0.4, 0.5) is 5.69 Å². The molecule has 1 saturated heterocycles. The number of piperidine rings is 1. The van der Waals surface area contributed by atoms with E-state index in [1.165, 1.54) is 7.11 Å². The second kappa shape index (κ2) is 8.56. The summed E-state index contributed by atoms with van der Waals surface area (Å²) in [6, 6.07) is 5.69. The molecule has 126 valence electrons. The van der Waals surface area contributed by atoms with E-state index in [0.29, 0.717) is 17.9 Å². The molecule has 2 rings (SSSR count). The average molecular weight is 319 g/mol. The molecule has 0 unspecified atom stereocenters. The Hall–Kier alpha value is -2.04. The lowest BCUT2D eigenvalue weighted by Gasteiger charge is -2.33. The topological polar surface area (TPSA) is 55.8 Å². The van der Waals surface area contributed by atoms with Crippen molar-refractivity contribution in [3.63, 3.8) is 0 Å². The number of aldehydes is 1. The maximum Gasteiger partial charge on any atom is 0.308 e. The van der Waals surface area contributed by atoms with E-state index in [2.05, 4.69) is 11.8 Å². The Morgan fingerprint density at radius 2 is 2.09 bits per heavy atom. The van der Waals surface area contributed by atoms with Crippen molar-refractivity contribution in [2.45, 2.75) is 32.6 Å². The maximum absolute atomic E-state index is 11.6. The van der Waals surface area contributed by atoms with Gasteiger partial charge in [0.2, 0.25) is 0 Å². The van der Waals surface area contributed by atoms with Crippen molar-refractivity contribution in [1.29, 1.82) is 0 Å². The normalized spacial score (nSPS) is 15.3. The Kier molecular flexibility index (Phi) is 6.44. The monoisotopic (exact) mass is 319 g/mol. The first-order valence-corrected chi connectivity index (χ1v) is 8.25. The highest BCUT2D eigenvalue weighted by molar-refractivity contribution is 5.88. The molecule has 0 saturated carbocycles. The zero-order chi connectivity index (χ0) is 16.7. The molecule has 0 radical (unpaired) electrons. The van der Waals surface area contributed by atoms with Crippen molar-refractivity contribution in [2.24, 2.45) is 5.92 Å². The highest BCUT2D eigenvalue weighted by atomic mass is 16.5. The van der Waals surface area contributed by atoms with Crippen molar-refractivity contribution in [2.75, 3.05) is 31.7 Å². The predicted octanol–water partition coefficient (Wildman–Crippen LogP) is 3.07. The molecule has 1 fully saturated rings. The van der Waals surface area contributed by atoms with E-state index in [1.807, 2.05) is 18.2 Å². The van der Waals surface area contributed by atoms with Crippen LogP contribution in [0.2, 0.25) is 0 Å². The number of carbonyl (C=O) groups excluding carboxylic acids is 2. The lowest BCUT2D eigenvalue weighted by atomic mass is 9.96. The third-order valence-corrected chi connectivity index (χ3v) is 4.29. The fourth-order valence-electron chi connectivity index (χ4n) is 2.90. The molecule has 1 aliphatic heterocycles. The van der Waals surface area contributed by atoms with Crippen LogP contribution < -0.4 is 9.64 Å². The number of anilines is 1. The van der Waals surface area contributed by atoms with Crippen molar-refractivity contribution in [3.05, 3.63) is 23.8 Å². The molecule has 0 aromatic heterocycles. The van der Waals surface area contributed by atoms with Crippen molar-refractivity contribution in [3.8, 4) is 5.75 Å². The molecule has 1 aliphatic rings. The number of unbranched alkanes of at least 4 members (excludes halogenated alkanes) is 1. The largest absolute Gasteiger partial charge is 0.493 e. The molecule has 1 heterocycles. The molecule has 0 atom stereocenters. The van der Waals surface area contributed by atoms with E-state index >= 15 is 0 Å². The second-order valence-electron chi connectivity index (χ2n) is 5.79. The van der Waals surface area contributed by atoms with Gasteiger partial charge in [-0.15, -0.1) is 0 Å². The summed E-state index contributed by atoms with van der Waals surface area (Å²) in [4.78, 5) is 25.3. The molecule has 1 aromatic carbocycles. The van der Waals surface area contributed by atoms with Gasteiger partial charge in [-0.05, 0) is 31.4 Å². The van der Waals surface area contributed by atoms with Gasteiger partial charge in [-0.2, -0.15) is 0 Å². The average Bonchev–Trinajstić information content (AvgIpc) is 2.61. The van der Waals surface area contributed by atoms with Crippen LogP contribution in [0.3, 0.4) is 0 Å². The Morgan fingerprint density at radius 3 is 2.70 bits per heavy atom. The smallest absolute Gasteiger partial charge is 0.308 e. The lowest BCUT2D eigenvalue weighted by molar-refractivity contribution is -0.146. The van der Waals surface area contributed by atoms with Crippen molar-refractivity contribution < 1.29 is 19.1 Å². The Balaban J connectivity index is 2.09. The first kappa shape index (κ1) is 17.3. The summed E-state index contributed by atoms with van der Waals surface area (Å²) >= 11 is 0. The minimum Gasteiger partial charge on any atom is -0.493 e. The van der Waals surface area contributed by atoms with Crippen molar-refractivity contribution >= 4 is 17.9 Å². The van der Waals surface area contributed by atoms with E-state index in [4.69, 9.17) is 9.47 Å². The van der Waals surface area contributed by atoms with Gasteiger partial charge in [-0.3, -0.25) is 9.59 Å². The van der Waals surface area contributed by atoms with Gasteiger partial charge in [-0.25, -0.2) is 0 Å². The number of rotatable bonds is 7. The number of benzene rings is 1. The van der Waals surface area contributed by atoms with Crippen LogP contribution >= 0.6 is 0 Å². The molecule has 0 amide bonds. The maximum atomic E-state index is 11.6. The van der Waals surface area contributed by atoms with E-state index in [1.54, 1.807) is 0 Å². The minimum atomic E-state index is -0.142. The summed E-state index contributed by atoms with van der Waals surface area (Å²) in [7, 11) is 1.43. The van der Waals surface area contributed by atoms with Crippen LogP contribution in [-0.4, -0.2) is 39.1 Å². The highest BCUT2D eigenvalue weighted by Gasteiger charge is 2.27. The number of hydrogen-bond donors (Lipinski definition) is 0. The summed E-state index contributed by atoms with van der Waals surface area (Å²) in [6.45, 7) is 4.19. The number of ether oxygens (including phenoxy) is 2. The summed E-state index contributed by atoms with van der Waals surface area (Å²) in [5.41, 5.74) is 1.48. The molecule has 1 aromatic rings. The SMILES string of the molecule is CCCCOc1cccc(N2CCC(C(=O)OC)CC2)c1C=O. The Morgan fingerprint density at radius 1 is 1.35 bits per heavy atom. The van der Waals surface area contributed by atoms with Gasteiger partial charge in [0.15, 0.2) is 6.29 Å². The van der Waals surface area contributed by atoms with Gasteiger partial charge in [0, 0.05) is 13.1 Å². The van der Waals surface area contributed by atoms with Crippen LogP contribution in [0.1, 0.15) is 43.0 Å². The first-order chi connectivity index (χ1) is 11.2. The number of carbonyl (C=O) groups is 2. The number of nitrogens with zero attached hydrogens (tertiary/aromatic N) is 1. The summed E-state index contributed by atoms with van der Waals surface area (Å²) in [5.74, 6) is 0.456. The molecule has 5 nitrogen and oxygen atoms in total. The highest BCUT2D eigenvalue weighted by Crippen LogP contribution is 2.31. The van der Waals surface area contributed by atoms with E-state index in [0.717, 1.165) is 50.7 Å². The van der Waals surface area contributed by atoms with E-state index in [9.17, 15) is 9.59 Å². The van der Waals surface area contributed by atoms with Crippen LogP contribution in [0.25, 0.3) is 0 Å².